The van der Waals surface area contributed by atoms with E-state index in [0.717, 1.165) is 12.4 Å². The van der Waals surface area contributed by atoms with Crippen molar-refractivity contribution < 1.29 is 4.79 Å². The quantitative estimate of drug-likeness (QED) is 0.519. The van der Waals surface area contributed by atoms with E-state index < -0.39 is 5.41 Å². The van der Waals surface area contributed by atoms with E-state index in [2.05, 4.69) is 20.6 Å². The van der Waals surface area contributed by atoms with Crippen LogP contribution in [0.2, 0.25) is 0 Å². The molecule has 0 aromatic carbocycles. The maximum atomic E-state index is 11.3. The number of carbonyl (C=O) groups is 1. The molecule has 0 unspecified atom stereocenters. The van der Waals surface area contributed by atoms with Crippen molar-refractivity contribution in [3.63, 3.8) is 0 Å². The number of nitrogens with two attached hydrogens (primary N) is 1. The van der Waals surface area contributed by atoms with E-state index in [1.165, 1.54) is 11.8 Å². The largest absolute Gasteiger partial charge is 0.370 e. The number of carbonyl (C=O) groups excluding carboxylic acids is 1. The molecule has 0 aliphatic rings. The number of hydrogen-bond donors (Lipinski definition) is 3. The third-order valence-corrected chi connectivity index (χ3v) is 3.17. The van der Waals surface area contributed by atoms with Crippen molar-refractivity contribution in [1.29, 1.82) is 0 Å². The molecule has 0 aliphatic heterocycles. The van der Waals surface area contributed by atoms with Gasteiger partial charge in [-0.05, 0) is 27.0 Å². The third-order valence-electron chi connectivity index (χ3n) is 2.62. The van der Waals surface area contributed by atoms with Crippen LogP contribution in [0.1, 0.15) is 20.8 Å². The lowest BCUT2D eigenvalue weighted by Gasteiger charge is -2.21. The first-order valence-electron chi connectivity index (χ1n) is 6.09. The number of hydrogen-bond acceptors (Lipinski definition) is 6. The molecule has 1 heterocycles. The Bertz CT molecular complexity index is 450. The number of thioether (sulfide) groups is 1. The van der Waals surface area contributed by atoms with Gasteiger partial charge in [0.25, 0.3) is 0 Å². The Morgan fingerprint density at radius 3 is 2.42 bits per heavy atom. The van der Waals surface area contributed by atoms with E-state index in [1.807, 2.05) is 19.2 Å². The highest BCUT2D eigenvalue weighted by atomic mass is 32.2. The third kappa shape index (κ3) is 4.59. The maximum absolute atomic E-state index is 11.3. The Labute approximate surface area is 118 Å². The van der Waals surface area contributed by atoms with E-state index in [-0.39, 0.29) is 5.91 Å². The van der Waals surface area contributed by atoms with Crippen molar-refractivity contribution in [1.82, 2.24) is 9.97 Å². The number of aromatic nitrogens is 2. The predicted octanol–water partition coefficient (Wildman–Crippen LogP) is 1.55. The van der Waals surface area contributed by atoms with Gasteiger partial charge in [-0.25, -0.2) is 9.97 Å². The van der Waals surface area contributed by atoms with Crippen LogP contribution in [-0.4, -0.2) is 35.2 Å². The maximum Gasteiger partial charge on any atom is 0.224 e. The smallest absolute Gasteiger partial charge is 0.224 e. The molecule has 1 aromatic heterocycles. The van der Waals surface area contributed by atoms with Crippen molar-refractivity contribution in [3.05, 3.63) is 6.07 Å². The molecule has 7 heteroatoms. The topological polar surface area (TPSA) is 92.9 Å². The van der Waals surface area contributed by atoms with Gasteiger partial charge >= 0.3 is 0 Å². The van der Waals surface area contributed by atoms with Crippen LogP contribution in [-0.2, 0) is 4.79 Å². The Hall–Kier alpha value is -1.50. The molecular formula is C12H21N5OS. The molecule has 0 fully saturated rings. The van der Waals surface area contributed by atoms with E-state index in [1.54, 1.807) is 13.8 Å². The van der Waals surface area contributed by atoms with Gasteiger partial charge in [0.05, 0.1) is 5.41 Å². The number of amides is 1. The Morgan fingerprint density at radius 1 is 1.37 bits per heavy atom. The minimum Gasteiger partial charge on any atom is -0.370 e. The zero-order chi connectivity index (χ0) is 14.5. The molecule has 0 radical (unpaired) electrons. The summed E-state index contributed by atoms with van der Waals surface area (Å²) >= 11 is 1.47. The molecule has 0 atom stereocenters. The van der Waals surface area contributed by atoms with E-state index in [0.29, 0.717) is 17.5 Å². The number of nitrogens with one attached hydrogen (secondary N) is 2. The molecule has 1 amide bonds. The lowest BCUT2D eigenvalue weighted by molar-refractivity contribution is -0.125. The highest BCUT2D eigenvalue weighted by Gasteiger charge is 2.24. The molecule has 0 spiro atoms. The Morgan fingerprint density at radius 2 is 1.95 bits per heavy atom. The van der Waals surface area contributed by atoms with Crippen molar-refractivity contribution in [2.45, 2.75) is 25.9 Å². The number of rotatable bonds is 7. The fraction of sp³-hybridized carbons (Fsp3) is 0.583. The second-order valence-electron chi connectivity index (χ2n) is 4.76. The lowest BCUT2D eigenvalue weighted by Crippen LogP contribution is -2.37. The summed E-state index contributed by atoms with van der Waals surface area (Å²) in [6, 6.07) is 1.82. The molecule has 106 valence electrons. The van der Waals surface area contributed by atoms with Crippen molar-refractivity contribution in [2.24, 2.45) is 11.1 Å². The summed E-state index contributed by atoms with van der Waals surface area (Å²) in [6.07, 6.45) is 1.92. The zero-order valence-corrected chi connectivity index (χ0v) is 12.6. The summed E-state index contributed by atoms with van der Waals surface area (Å²) in [5.74, 6) is 1.11. The van der Waals surface area contributed by atoms with Crippen LogP contribution in [0.25, 0.3) is 0 Å². The molecule has 0 bridgehead atoms. The van der Waals surface area contributed by atoms with Crippen LogP contribution in [0.5, 0.6) is 0 Å². The summed E-state index contributed by atoms with van der Waals surface area (Å²) in [4.78, 5) is 19.9. The first-order valence-corrected chi connectivity index (χ1v) is 7.32. The van der Waals surface area contributed by atoms with Crippen molar-refractivity contribution in [3.8, 4) is 0 Å². The van der Waals surface area contributed by atoms with Crippen LogP contribution in [0.4, 0.5) is 11.6 Å². The normalized spacial score (nSPS) is 11.2. The van der Waals surface area contributed by atoms with Gasteiger partial charge in [0.15, 0.2) is 5.16 Å². The standard InChI is InChI=1S/C12H21N5OS/c1-5-14-8-6-9(17-11(16-8)19-4)15-7-12(2,3)10(13)18/h6H,5,7H2,1-4H3,(H2,13,18)(H2,14,15,16,17). The fourth-order valence-corrected chi connectivity index (χ4v) is 1.66. The van der Waals surface area contributed by atoms with Crippen LogP contribution in [0.3, 0.4) is 0 Å². The average molecular weight is 283 g/mol. The second kappa shape index (κ2) is 6.60. The molecule has 0 aliphatic carbocycles. The molecule has 0 saturated heterocycles. The van der Waals surface area contributed by atoms with Gasteiger partial charge in [-0.1, -0.05) is 11.8 Å². The van der Waals surface area contributed by atoms with Gasteiger partial charge in [0, 0.05) is 19.2 Å². The summed E-state index contributed by atoms with van der Waals surface area (Å²) < 4.78 is 0. The molecule has 6 nitrogen and oxygen atoms in total. The molecule has 0 saturated carbocycles. The SMILES string of the molecule is CCNc1cc(NCC(C)(C)C(N)=O)nc(SC)n1. The van der Waals surface area contributed by atoms with Gasteiger partial charge in [-0.3, -0.25) is 4.79 Å². The van der Waals surface area contributed by atoms with Gasteiger partial charge in [0.1, 0.15) is 11.6 Å². The molecule has 1 rings (SSSR count). The Balaban J connectivity index is 2.82. The lowest BCUT2D eigenvalue weighted by atomic mass is 9.93. The molecule has 19 heavy (non-hydrogen) atoms. The zero-order valence-electron chi connectivity index (χ0n) is 11.8. The van der Waals surface area contributed by atoms with Crippen LogP contribution in [0.15, 0.2) is 11.2 Å². The van der Waals surface area contributed by atoms with Crippen molar-refractivity contribution in [2.75, 3.05) is 30.0 Å². The summed E-state index contributed by atoms with van der Waals surface area (Å²) in [7, 11) is 0. The van der Waals surface area contributed by atoms with Gasteiger partial charge in [0.2, 0.25) is 5.91 Å². The number of primary amides is 1. The second-order valence-corrected chi connectivity index (χ2v) is 5.53. The predicted molar refractivity (Wildman–Crippen MR) is 79.4 cm³/mol. The van der Waals surface area contributed by atoms with Crippen LogP contribution < -0.4 is 16.4 Å². The minimum absolute atomic E-state index is 0.342. The van der Waals surface area contributed by atoms with Crippen LogP contribution >= 0.6 is 11.8 Å². The van der Waals surface area contributed by atoms with E-state index in [9.17, 15) is 4.79 Å². The Kier molecular flexibility index (Phi) is 5.41. The monoisotopic (exact) mass is 283 g/mol. The molecule has 1 aromatic rings. The van der Waals surface area contributed by atoms with E-state index in [4.69, 9.17) is 5.73 Å². The summed E-state index contributed by atoms with van der Waals surface area (Å²) in [5, 5.41) is 6.96. The highest BCUT2D eigenvalue weighted by Crippen LogP contribution is 2.19. The number of nitrogens with zero attached hydrogens (tertiary/aromatic N) is 2. The summed E-state index contributed by atoms with van der Waals surface area (Å²) in [5.41, 5.74) is 4.72. The van der Waals surface area contributed by atoms with Crippen LogP contribution in [0, 0.1) is 5.41 Å². The van der Waals surface area contributed by atoms with E-state index >= 15 is 0 Å². The highest BCUT2D eigenvalue weighted by molar-refractivity contribution is 7.98. The molecule has 4 N–H and O–H groups in total. The molecular weight excluding hydrogens is 262 g/mol. The number of anilines is 2. The van der Waals surface area contributed by atoms with Gasteiger partial charge < -0.3 is 16.4 Å². The first kappa shape index (κ1) is 15.6. The minimum atomic E-state index is -0.622. The van der Waals surface area contributed by atoms with Gasteiger partial charge in [-0.2, -0.15) is 0 Å². The average Bonchev–Trinajstić information content (AvgIpc) is 2.36. The first-order chi connectivity index (χ1) is 8.89. The van der Waals surface area contributed by atoms with Crippen molar-refractivity contribution >= 4 is 29.3 Å². The van der Waals surface area contributed by atoms with Gasteiger partial charge in [-0.15, -0.1) is 0 Å². The summed E-state index contributed by atoms with van der Waals surface area (Å²) in [6.45, 7) is 6.81. The fourth-order valence-electron chi connectivity index (χ4n) is 1.28.